The predicted octanol–water partition coefficient (Wildman–Crippen LogP) is 4.28. The first-order chi connectivity index (χ1) is 13.8. The van der Waals surface area contributed by atoms with Gasteiger partial charge in [-0.1, -0.05) is 41.4 Å². The molecule has 3 atom stereocenters. The number of hydrogen-bond acceptors (Lipinski definition) is 3. The van der Waals surface area contributed by atoms with Gasteiger partial charge in [-0.2, -0.15) is 0 Å². The molecule has 0 bridgehead atoms. The lowest BCUT2D eigenvalue weighted by atomic mass is 9.64. The van der Waals surface area contributed by atoms with E-state index < -0.39 is 17.4 Å². The highest BCUT2D eigenvalue weighted by molar-refractivity contribution is 6.31. The molecule has 7 heteroatoms. The van der Waals surface area contributed by atoms with Crippen LogP contribution < -0.4 is 10.6 Å². The van der Waals surface area contributed by atoms with Crippen LogP contribution in [0.25, 0.3) is 0 Å². The normalized spacial score (nSPS) is 26.2. The zero-order valence-corrected chi connectivity index (χ0v) is 17.7. The number of ether oxygens (including phenoxy) is 1. The van der Waals surface area contributed by atoms with Crippen LogP contribution in [0.1, 0.15) is 37.3 Å². The van der Waals surface area contributed by atoms with E-state index in [1.807, 2.05) is 38.1 Å². The third kappa shape index (κ3) is 3.41. The number of nitrogens with one attached hydrogen (secondary N) is 2. The number of benzene rings is 2. The zero-order valence-electron chi connectivity index (χ0n) is 16.2. The maximum Gasteiger partial charge on any atom is 0.238 e. The van der Waals surface area contributed by atoms with Crippen LogP contribution in [0.3, 0.4) is 0 Å². The van der Waals surface area contributed by atoms with Gasteiger partial charge in [-0.15, -0.1) is 0 Å². The van der Waals surface area contributed by atoms with Gasteiger partial charge in [0.15, 0.2) is 0 Å². The number of carbonyl (C=O) groups is 2. The third-order valence-corrected chi connectivity index (χ3v) is 6.14. The van der Waals surface area contributed by atoms with Crippen LogP contribution in [0.5, 0.6) is 0 Å². The number of hydrogen-bond donors (Lipinski definition) is 2. The summed E-state index contributed by atoms with van der Waals surface area (Å²) < 4.78 is 6.26. The molecular formula is C22H22Cl2N2O3. The van der Waals surface area contributed by atoms with E-state index in [2.05, 4.69) is 10.6 Å². The molecule has 4 rings (SSSR count). The molecule has 2 N–H and O–H groups in total. The number of fused-ring (bicyclic) bond motifs is 2. The summed E-state index contributed by atoms with van der Waals surface area (Å²) in [5, 5.41) is 6.99. The summed E-state index contributed by atoms with van der Waals surface area (Å²) in [6.45, 7) is 4.08. The average molecular weight is 433 g/mol. The minimum atomic E-state index is -1.09. The van der Waals surface area contributed by atoms with E-state index in [1.165, 1.54) is 0 Å². The molecule has 2 amide bonds. The van der Waals surface area contributed by atoms with Gasteiger partial charge in [0.1, 0.15) is 5.41 Å². The largest absolute Gasteiger partial charge is 0.372 e. The molecule has 2 heterocycles. The van der Waals surface area contributed by atoms with Crippen molar-refractivity contribution in [2.75, 3.05) is 11.9 Å². The Morgan fingerprint density at radius 1 is 1.10 bits per heavy atom. The minimum Gasteiger partial charge on any atom is -0.372 e. The van der Waals surface area contributed by atoms with Crippen molar-refractivity contribution in [3.05, 3.63) is 63.6 Å². The van der Waals surface area contributed by atoms with Crippen molar-refractivity contribution < 1.29 is 14.3 Å². The number of amides is 2. The van der Waals surface area contributed by atoms with Crippen molar-refractivity contribution in [1.29, 1.82) is 0 Å². The van der Waals surface area contributed by atoms with E-state index >= 15 is 0 Å². The first-order valence-corrected chi connectivity index (χ1v) is 10.4. The van der Waals surface area contributed by atoms with Gasteiger partial charge < -0.3 is 15.4 Å². The van der Waals surface area contributed by atoms with Crippen molar-refractivity contribution >= 4 is 40.7 Å². The molecule has 0 unspecified atom stereocenters. The van der Waals surface area contributed by atoms with E-state index in [0.29, 0.717) is 15.7 Å². The highest BCUT2D eigenvalue weighted by Crippen LogP contribution is 2.53. The van der Waals surface area contributed by atoms with Gasteiger partial charge in [-0.05, 0) is 49.2 Å². The van der Waals surface area contributed by atoms with Crippen molar-refractivity contribution in [3.63, 3.8) is 0 Å². The monoisotopic (exact) mass is 432 g/mol. The molecule has 0 radical (unpaired) electrons. The molecule has 2 aliphatic rings. The standard InChI is InChI=1S/C22H22Cl2N2O3/c1-12(2)29-19-11-25-20(27)10-17(13-4-3-5-14(23)8-13)22(19)16-7-6-15(24)9-18(16)26-21(22)28/h3-9,12,17,19H,10-11H2,1-2H3,(H,25,27)(H,26,28)/t17-,19-,22-/m1/s1. The Morgan fingerprint density at radius 2 is 1.86 bits per heavy atom. The van der Waals surface area contributed by atoms with Gasteiger partial charge >= 0.3 is 0 Å². The number of halogens is 2. The molecule has 0 saturated carbocycles. The fourth-order valence-corrected chi connectivity index (χ4v) is 4.96. The molecule has 0 aliphatic carbocycles. The lowest BCUT2D eigenvalue weighted by Crippen LogP contribution is -2.53. The summed E-state index contributed by atoms with van der Waals surface area (Å²) in [6, 6.07) is 12.7. The molecule has 5 nitrogen and oxygen atoms in total. The number of carbonyl (C=O) groups excluding carboxylic acids is 2. The molecule has 152 valence electrons. The molecule has 1 spiro atoms. The second-order valence-electron chi connectivity index (χ2n) is 7.80. The van der Waals surface area contributed by atoms with Gasteiger partial charge in [-0.25, -0.2) is 0 Å². The quantitative estimate of drug-likeness (QED) is 0.760. The fraction of sp³-hybridized carbons (Fsp3) is 0.364. The zero-order chi connectivity index (χ0) is 20.8. The van der Waals surface area contributed by atoms with E-state index in [4.69, 9.17) is 27.9 Å². The molecule has 2 aliphatic heterocycles. The highest BCUT2D eigenvalue weighted by Gasteiger charge is 2.60. The van der Waals surface area contributed by atoms with E-state index in [-0.39, 0.29) is 30.9 Å². The molecule has 0 aromatic heterocycles. The Morgan fingerprint density at radius 3 is 2.59 bits per heavy atom. The van der Waals surface area contributed by atoms with Crippen molar-refractivity contribution in [2.24, 2.45) is 0 Å². The number of rotatable bonds is 3. The van der Waals surface area contributed by atoms with Crippen LogP contribution in [0, 0.1) is 0 Å². The van der Waals surface area contributed by atoms with Gasteiger partial charge in [-0.3, -0.25) is 9.59 Å². The van der Waals surface area contributed by atoms with Crippen molar-refractivity contribution in [1.82, 2.24) is 5.32 Å². The smallest absolute Gasteiger partial charge is 0.238 e. The maximum absolute atomic E-state index is 13.6. The Balaban J connectivity index is 1.99. The SMILES string of the molecule is CC(C)O[C@@H]1CNC(=O)C[C@H](c2cccc(Cl)c2)[C@@]12C(=O)Nc1cc(Cl)ccc12. The second kappa shape index (κ2) is 7.63. The van der Waals surface area contributed by atoms with Crippen LogP contribution in [0.2, 0.25) is 10.0 Å². The van der Waals surface area contributed by atoms with Gasteiger partial charge in [0, 0.05) is 34.6 Å². The Hall–Kier alpha value is -2.08. The molecular weight excluding hydrogens is 411 g/mol. The van der Waals surface area contributed by atoms with Crippen LogP contribution in [-0.4, -0.2) is 30.6 Å². The lowest BCUT2D eigenvalue weighted by Gasteiger charge is -2.40. The Labute approximate surface area is 179 Å². The summed E-state index contributed by atoms with van der Waals surface area (Å²) >= 11 is 12.4. The van der Waals surface area contributed by atoms with Crippen LogP contribution in [0.15, 0.2) is 42.5 Å². The van der Waals surface area contributed by atoms with Gasteiger partial charge in [0.05, 0.1) is 12.2 Å². The van der Waals surface area contributed by atoms with E-state index in [1.54, 1.807) is 18.2 Å². The highest BCUT2D eigenvalue weighted by atomic mass is 35.5. The summed E-state index contributed by atoms with van der Waals surface area (Å²) in [5.41, 5.74) is 1.18. The molecule has 2 aromatic carbocycles. The van der Waals surface area contributed by atoms with Crippen molar-refractivity contribution in [2.45, 2.75) is 43.8 Å². The van der Waals surface area contributed by atoms with Gasteiger partial charge in [0.25, 0.3) is 0 Å². The maximum atomic E-state index is 13.6. The predicted molar refractivity (Wildman–Crippen MR) is 114 cm³/mol. The van der Waals surface area contributed by atoms with Gasteiger partial charge in [0.2, 0.25) is 11.8 Å². The molecule has 1 saturated heterocycles. The van der Waals surface area contributed by atoms with Crippen LogP contribution >= 0.6 is 23.2 Å². The van der Waals surface area contributed by atoms with E-state index in [9.17, 15) is 9.59 Å². The fourth-order valence-electron chi connectivity index (χ4n) is 4.59. The topological polar surface area (TPSA) is 67.4 Å². The van der Waals surface area contributed by atoms with Crippen LogP contribution in [0.4, 0.5) is 5.69 Å². The summed E-state index contributed by atoms with van der Waals surface area (Å²) in [4.78, 5) is 26.3. The third-order valence-electron chi connectivity index (χ3n) is 5.67. The first kappa shape index (κ1) is 20.2. The Bertz CT molecular complexity index is 978. The minimum absolute atomic E-state index is 0.126. The number of anilines is 1. The van der Waals surface area contributed by atoms with Crippen LogP contribution in [-0.2, 0) is 19.7 Å². The van der Waals surface area contributed by atoms with E-state index in [0.717, 1.165) is 11.1 Å². The average Bonchev–Trinajstić information content (AvgIpc) is 2.85. The molecule has 29 heavy (non-hydrogen) atoms. The Kier molecular flexibility index (Phi) is 5.32. The molecule has 1 fully saturated rings. The summed E-state index contributed by atoms with van der Waals surface area (Å²) in [7, 11) is 0. The first-order valence-electron chi connectivity index (χ1n) is 9.61. The summed E-state index contributed by atoms with van der Waals surface area (Å²) in [6.07, 6.45) is -0.537. The van der Waals surface area contributed by atoms with Crippen molar-refractivity contribution in [3.8, 4) is 0 Å². The second-order valence-corrected chi connectivity index (χ2v) is 8.68. The molecule has 2 aromatic rings. The summed E-state index contributed by atoms with van der Waals surface area (Å²) in [5.74, 6) is -0.767. The lowest BCUT2D eigenvalue weighted by molar-refractivity contribution is -0.130.